The van der Waals surface area contributed by atoms with Crippen molar-refractivity contribution in [1.29, 1.82) is 0 Å². The first-order valence-electron chi connectivity index (χ1n) is 4.04. The van der Waals surface area contributed by atoms with Gasteiger partial charge in [0.1, 0.15) is 0 Å². The molecule has 0 aromatic heterocycles. The van der Waals surface area contributed by atoms with Gasteiger partial charge in [0.15, 0.2) is 0 Å². The summed E-state index contributed by atoms with van der Waals surface area (Å²) < 4.78 is 10.9. The molecule has 0 radical (unpaired) electrons. The van der Waals surface area contributed by atoms with E-state index in [2.05, 4.69) is 5.09 Å². The first-order valence-corrected chi connectivity index (χ1v) is 5.88. The molecule has 0 unspecified atom stereocenters. The Morgan fingerprint density at radius 1 is 1.33 bits per heavy atom. The third-order valence-electron chi connectivity index (χ3n) is 1.68. The van der Waals surface area contributed by atoms with Crippen molar-refractivity contribution < 1.29 is 9.49 Å². The third-order valence-corrected chi connectivity index (χ3v) is 2.33. The number of rotatable bonds is 4. The van der Waals surface area contributed by atoms with Gasteiger partial charge < -0.3 is 0 Å². The molecule has 0 aliphatic rings. The van der Waals surface area contributed by atoms with Crippen LogP contribution in [0, 0.1) is 10.1 Å². The Bertz CT molecular complexity index is 399. The second-order valence-electron chi connectivity index (χ2n) is 2.97. The van der Waals surface area contributed by atoms with Gasteiger partial charge in [0.25, 0.3) is 13.3 Å². The fourth-order valence-corrected chi connectivity index (χ4v) is 1.38. The van der Waals surface area contributed by atoms with Crippen LogP contribution in [0.4, 0.5) is 5.69 Å². The van der Waals surface area contributed by atoms with Gasteiger partial charge in [0.05, 0.1) is 4.92 Å². The summed E-state index contributed by atoms with van der Waals surface area (Å²) in [5, 5.41) is 12.8. The van der Waals surface area contributed by atoms with Crippen LogP contribution in [0.1, 0.15) is 5.56 Å². The lowest BCUT2D eigenvalue weighted by atomic mass is 10.2. The minimum absolute atomic E-state index is 0.00225. The summed E-state index contributed by atoms with van der Waals surface area (Å²) >= 11 is 0. The quantitative estimate of drug-likeness (QED) is 0.397. The van der Waals surface area contributed by atoms with Crippen LogP contribution < -0.4 is 16.1 Å². The molecule has 0 aliphatic heterocycles. The first kappa shape index (κ1) is 11.8. The average molecular weight is 230 g/mol. The Balaban J connectivity index is 2.65. The van der Waals surface area contributed by atoms with Crippen molar-refractivity contribution in [3.05, 3.63) is 39.9 Å². The molecular weight excluding hydrogens is 219 g/mol. The van der Waals surface area contributed by atoms with Gasteiger partial charge in [-0.25, -0.2) is 5.09 Å². The lowest BCUT2D eigenvalue weighted by molar-refractivity contribution is -0.384. The molecule has 1 rings (SSSR count). The maximum Gasteiger partial charge on any atom is 0.274 e. The molecule has 0 fully saturated rings. The van der Waals surface area contributed by atoms with Crippen molar-refractivity contribution in [2.24, 2.45) is 11.0 Å². The standard InChI is InChI=1S/C7H11N4O3P/c8-15(9,14)10-5-6-1-3-7(4-2-6)11(12)13/h1-4H,5H2,(H5,8,9,10,14). The van der Waals surface area contributed by atoms with Crippen LogP contribution in [-0.4, -0.2) is 4.92 Å². The van der Waals surface area contributed by atoms with Crippen LogP contribution in [0.15, 0.2) is 24.3 Å². The van der Waals surface area contributed by atoms with Crippen LogP contribution in [-0.2, 0) is 11.1 Å². The zero-order valence-electron chi connectivity index (χ0n) is 7.79. The largest absolute Gasteiger partial charge is 0.274 e. The van der Waals surface area contributed by atoms with Crippen LogP contribution >= 0.6 is 7.59 Å². The number of nitrogens with one attached hydrogen (secondary N) is 1. The van der Waals surface area contributed by atoms with E-state index in [1.807, 2.05) is 0 Å². The predicted molar refractivity (Wildman–Crippen MR) is 55.9 cm³/mol. The lowest BCUT2D eigenvalue weighted by Gasteiger charge is -2.07. The van der Waals surface area contributed by atoms with Crippen molar-refractivity contribution in [2.75, 3.05) is 0 Å². The number of benzene rings is 1. The van der Waals surface area contributed by atoms with Gasteiger partial charge in [0, 0.05) is 18.7 Å². The van der Waals surface area contributed by atoms with Crippen molar-refractivity contribution in [3.8, 4) is 0 Å². The number of nitrogens with two attached hydrogens (primary N) is 2. The van der Waals surface area contributed by atoms with Gasteiger partial charge in [-0.2, -0.15) is 0 Å². The molecule has 0 saturated carbocycles. The predicted octanol–water partition coefficient (Wildman–Crippen LogP) is 0.710. The molecule has 82 valence electrons. The van der Waals surface area contributed by atoms with E-state index in [1.54, 1.807) is 12.1 Å². The van der Waals surface area contributed by atoms with Crippen molar-refractivity contribution in [3.63, 3.8) is 0 Å². The second-order valence-corrected chi connectivity index (χ2v) is 4.70. The molecule has 0 aliphatic carbocycles. The van der Waals surface area contributed by atoms with Gasteiger partial charge in [-0.1, -0.05) is 12.1 Å². The van der Waals surface area contributed by atoms with E-state index in [0.717, 1.165) is 5.56 Å². The highest BCUT2D eigenvalue weighted by Crippen LogP contribution is 2.19. The van der Waals surface area contributed by atoms with Crippen LogP contribution in [0.5, 0.6) is 0 Å². The molecule has 0 bridgehead atoms. The van der Waals surface area contributed by atoms with E-state index in [4.69, 9.17) is 11.0 Å². The van der Waals surface area contributed by atoms with Gasteiger partial charge in [-0.05, 0) is 5.56 Å². The Kier molecular flexibility index (Phi) is 3.54. The molecule has 8 heteroatoms. The van der Waals surface area contributed by atoms with Gasteiger partial charge in [-0.15, -0.1) is 0 Å². The topological polar surface area (TPSA) is 124 Å². The van der Waals surface area contributed by atoms with Gasteiger partial charge in [-0.3, -0.25) is 25.7 Å². The summed E-state index contributed by atoms with van der Waals surface area (Å²) in [6.45, 7) is 0.211. The Hall–Kier alpha value is -1.27. The normalized spacial score (nSPS) is 11.3. The number of non-ortho nitro benzene ring substituents is 1. The Labute approximate surface area is 86.1 Å². The Morgan fingerprint density at radius 2 is 1.87 bits per heavy atom. The minimum Gasteiger partial charge on any atom is -0.271 e. The number of nitro groups is 1. The maximum absolute atomic E-state index is 10.9. The SMILES string of the molecule is NP(N)(=O)NCc1ccc([N+](=O)[O-])cc1. The van der Waals surface area contributed by atoms with Crippen molar-refractivity contribution >= 4 is 13.3 Å². The summed E-state index contributed by atoms with van der Waals surface area (Å²) in [5.74, 6) is 0. The number of hydrogen-bond acceptors (Lipinski definition) is 3. The van der Waals surface area contributed by atoms with Crippen LogP contribution in [0.25, 0.3) is 0 Å². The summed E-state index contributed by atoms with van der Waals surface area (Å²) in [6, 6.07) is 5.80. The highest BCUT2D eigenvalue weighted by molar-refractivity contribution is 7.56. The summed E-state index contributed by atoms with van der Waals surface area (Å²) in [6.07, 6.45) is 0. The van der Waals surface area contributed by atoms with Crippen molar-refractivity contribution in [1.82, 2.24) is 5.09 Å². The van der Waals surface area contributed by atoms with Crippen LogP contribution in [0.3, 0.4) is 0 Å². The number of nitro benzene ring substituents is 1. The molecule has 0 saturated heterocycles. The van der Waals surface area contributed by atoms with Gasteiger partial charge >= 0.3 is 0 Å². The molecular formula is C7H11N4O3P. The van der Waals surface area contributed by atoms with E-state index in [9.17, 15) is 14.7 Å². The maximum atomic E-state index is 10.9. The highest BCUT2D eigenvalue weighted by Gasteiger charge is 2.08. The zero-order chi connectivity index (χ0) is 11.5. The van der Waals surface area contributed by atoms with Crippen LogP contribution in [0.2, 0.25) is 0 Å². The molecule has 1 aromatic rings. The minimum atomic E-state index is -3.25. The fourth-order valence-electron chi connectivity index (χ4n) is 0.950. The third kappa shape index (κ3) is 4.18. The number of nitrogens with zero attached hydrogens (tertiary/aromatic N) is 1. The van der Waals surface area contributed by atoms with E-state index in [-0.39, 0.29) is 12.2 Å². The zero-order valence-corrected chi connectivity index (χ0v) is 8.68. The summed E-state index contributed by atoms with van der Waals surface area (Å²) in [7, 11) is -3.25. The monoisotopic (exact) mass is 230 g/mol. The van der Waals surface area contributed by atoms with Crippen molar-refractivity contribution in [2.45, 2.75) is 6.54 Å². The molecule has 15 heavy (non-hydrogen) atoms. The molecule has 0 amide bonds. The highest BCUT2D eigenvalue weighted by atomic mass is 31.2. The summed E-state index contributed by atoms with van der Waals surface area (Å²) in [5.41, 5.74) is 10.9. The lowest BCUT2D eigenvalue weighted by Crippen LogP contribution is -2.21. The first-order chi connectivity index (χ1) is 6.88. The average Bonchev–Trinajstić information content (AvgIpc) is 2.14. The second kappa shape index (κ2) is 4.50. The van der Waals surface area contributed by atoms with Gasteiger partial charge in [0.2, 0.25) is 0 Å². The van der Waals surface area contributed by atoms with E-state index in [1.165, 1.54) is 12.1 Å². The molecule has 7 nitrogen and oxygen atoms in total. The molecule has 0 atom stereocenters. The molecule has 5 N–H and O–H groups in total. The van der Waals surface area contributed by atoms with E-state index in [0.29, 0.717) is 0 Å². The number of hydrogen-bond donors (Lipinski definition) is 3. The molecule has 1 aromatic carbocycles. The molecule has 0 heterocycles. The fraction of sp³-hybridized carbons (Fsp3) is 0.143. The Morgan fingerprint density at radius 3 is 2.27 bits per heavy atom. The smallest absolute Gasteiger partial charge is 0.271 e. The van der Waals surface area contributed by atoms with E-state index < -0.39 is 12.5 Å². The van der Waals surface area contributed by atoms with E-state index >= 15 is 0 Å². The summed E-state index contributed by atoms with van der Waals surface area (Å²) in [4.78, 5) is 9.84. The molecule has 0 spiro atoms.